The first-order chi connectivity index (χ1) is 6.30. The molecule has 0 fully saturated rings. The standard InChI is InChI=1S/C10H23N3S.HI/c1-10(2,14-7)8-11-9(12(3)4)13(5)6;/h8H2,1-7H3;1H. The van der Waals surface area contributed by atoms with Crippen LogP contribution in [0.15, 0.2) is 4.99 Å². The van der Waals surface area contributed by atoms with Crippen LogP contribution < -0.4 is 0 Å². The zero-order chi connectivity index (χ0) is 11.4. The van der Waals surface area contributed by atoms with Crippen molar-refractivity contribution in [3.8, 4) is 0 Å². The van der Waals surface area contributed by atoms with Gasteiger partial charge >= 0.3 is 0 Å². The molecule has 0 atom stereocenters. The molecule has 0 aliphatic carbocycles. The minimum atomic E-state index is 0. The van der Waals surface area contributed by atoms with Gasteiger partial charge in [0, 0.05) is 32.9 Å². The van der Waals surface area contributed by atoms with Crippen LogP contribution >= 0.6 is 35.7 Å². The fraction of sp³-hybridized carbons (Fsp3) is 0.900. The first-order valence-corrected chi connectivity index (χ1v) is 5.97. The maximum atomic E-state index is 4.61. The zero-order valence-corrected chi connectivity index (χ0v) is 14.0. The average molecular weight is 345 g/mol. The molecule has 0 heterocycles. The highest BCUT2D eigenvalue weighted by Gasteiger charge is 2.16. The molecule has 0 rings (SSSR count). The summed E-state index contributed by atoms with van der Waals surface area (Å²) in [6.45, 7) is 5.27. The van der Waals surface area contributed by atoms with E-state index in [1.807, 2.05) is 49.8 Å². The van der Waals surface area contributed by atoms with Crippen molar-refractivity contribution >= 4 is 41.7 Å². The molecule has 0 aliphatic heterocycles. The van der Waals surface area contributed by atoms with Crippen LogP contribution in [0.5, 0.6) is 0 Å². The predicted molar refractivity (Wildman–Crippen MR) is 82.7 cm³/mol. The van der Waals surface area contributed by atoms with Gasteiger partial charge in [-0.05, 0) is 20.1 Å². The van der Waals surface area contributed by atoms with Gasteiger partial charge in [-0.1, -0.05) is 0 Å². The lowest BCUT2D eigenvalue weighted by atomic mass is 10.2. The number of hydrogen-bond acceptors (Lipinski definition) is 2. The third kappa shape index (κ3) is 7.27. The molecule has 0 aromatic heterocycles. The Morgan fingerprint density at radius 2 is 1.53 bits per heavy atom. The van der Waals surface area contributed by atoms with Gasteiger partial charge in [-0.25, -0.2) is 0 Å². The first kappa shape index (κ1) is 17.7. The molecule has 92 valence electrons. The molecular formula is C10H24IN3S. The number of rotatable bonds is 3. The molecule has 0 spiro atoms. The molecule has 3 nitrogen and oxygen atoms in total. The van der Waals surface area contributed by atoms with Crippen molar-refractivity contribution in [1.82, 2.24) is 9.80 Å². The van der Waals surface area contributed by atoms with Crippen LogP contribution in [0, 0.1) is 0 Å². The van der Waals surface area contributed by atoms with Gasteiger partial charge in [0.1, 0.15) is 0 Å². The molecule has 0 bridgehead atoms. The van der Waals surface area contributed by atoms with E-state index in [0.29, 0.717) is 0 Å². The van der Waals surface area contributed by atoms with Crippen LogP contribution in [0.1, 0.15) is 13.8 Å². The lowest BCUT2D eigenvalue weighted by Crippen LogP contribution is -2.36. The molecule has 0 aliphatic rings. The molecule has 0 radical (unpaired) electrons. The molecule has 0 aromatic carbocycles. The van der Waals surface area contributed by atoms with E-state index >= 15 is 0 Å². The van der Waals surface area contributed by atoms with Crippen LogP contribution in [0.25, 0.3) is 0 Å². The minimum absolute atomic E-state index is 0. The maximum absolute atomic E-state index is 4.61. The highest BCUT2D eigenvalue weighted by Crippen LogP contribution is 2.21. The predicted octanol–water partition coefficient (Wildman–Crippen LogP) is 2.23. The molecule has 15 heavy (non-hydrogen) atoms. The summed E-state index contributed by atoms with van der Waals surface area (Å²) in [7, 11) is 8.08. The van der Waals surface area contributed by atoms with E-state index in [1.165, 1.54) is 0 Å². The van der Waals surface area contributed by atoms with Gasteiger partial charge in [-0.15, -0.1) is 24.0 Å². The van der Waals surface area contributed by atoms with Gasteiger partial charge in [0.25, 0.3) is 0 Å². The largest absolute Gasteiger partial charge is 0.349 e. The van der Waals surface area contributed by atoms with Crippen LogP contribution in [0.3, 0.4) is 0 Å². The van der Waals surface area contributed by atoms with Crippen molar-refractivity contribution in [2.75, 3.05) is 41.0 Å². The summed E-state index contributed by atoms with van der Waals surface area (Å²) in [6.07, 6.45) is 2.13. The Morgan fingerprint density at radius 3 is 1.80 bits per heavy atom. The SMILES string of the molecule is CSC(C)(C)CN=C(N(C)C)N(C)C.I. The van der Waals surface area contributed by atoms with Crippen LogP contribution in [0.2, 0.25) is 0 Å². The fourth-order valence-corrected chi connectivity index (χ4v) is 1.20. The second kappa shape index (κ2) is 7.60. The number of hydrogen-bond donors (Lipinski definition) is 0. The Bertz CT molecular complexity index is 193. The molecule has 0 saturated carbocycles. The van der Waals surface area contributed by atoms with Gasteiger partial charge in [-0.2, -0.15) is 11.8 Å². The summed E-state index contributed by atoms with van der Waals surface area (Å²) in [5, 5.41) is 0. The number of halogens is 1. The molecule has 0 N–H and O–H groups in total. The Hall–Kier alpha value is 0.350. The third-order valence-electron chi connectivity index (χ3n) is 1.95. The summed E-state index contributed by atoms with van der Waals surface area (Å²) in [5.41, 5.74) is 0. The Kier molecular flexibility index (Phi) is 8.98. The summed E-state index contributed by atoms with van der Waals surface area (Å²) in [6, 6.07) is 0. The van der Waals surface area contributed by atoms with Crippen LogP contribution in [0.4, 0.5) is 0 Å². The molecule has 0 unspecified atom stereocenters. The van der Waals surface area contributed by atoms with Crippen molar-refractivity contribution < 1.29 is 0 Å². The molecule has 0 saturated heterocycles. The van der Waals surface area contributed by atoms with Crippen molar-refractivity contribution in [3.63, 3.8) is 0 Å². The smallest absolute Gasteiger partial charge is 0.195 e. The van der Waals surface area contributed by atoms with E-state index in [2.05, 4.69) is 25.1 Å². The topological polar surface area (TPSA) is 18.8 Å². The van der Waals surface area contributed by atoms with E-state index < -0.39 is 0 Å². The van der Waals surface area contributed by atoms with Gasteiger partial charge < -0.3 is 9.80 Å². The third-order valence-corrected chi connectivity index (χ3v) is 3.19. The average Bonchev–Trinajstić information content (AvgIpc) is 2.03. The van der Waals surface area contributed by atoms with Gasteiger partial charge in [0.15, 0.2) is 5.96 Å². The molecular weight excluding hydrogens is 321 g/mol. The molecule has 0 aromatic rings. The zero-order valence-electron chi connectivity index (χ0n) is 10.9. The van der Waals surface area contributed by atoms with E-state index in [0.717, 1.165) is 12.5 Å². The minimum Gasteiger partial charge on any atom is -0.349 e. The fourth-order valence-electron chi connectivity index (χ4n) is 1.01. The van der Waals surface area contributed by atoms with Gasteiger partial charge in [0.2, 0.25) is 0 Å². The van der Waals surface area contributed by atoms with Crippen molar-refractivity contribution in [1.29, 1.82) is 0 Å². The van der Waals surface area contributed by atoms with E-state index in [4.69, 9.17) is 0 Å². The second-order valence-electron chi connectivity index (χ2n) is 4.37. The van der Waals surface area contributed by atoms with Gasteiger partial charge in [0.05, 0.1) is 6.54 Å². The maximum Gasteiger partial charge on any atom is 0.195 e. The normalized spacial score (nSPS) is 10.3. The van der Waals surface area contributed by atoms with Crippen molar-refractivity contribution in [2.24, 2.45) is 4.99 Å². The highest BCUT2D eigenvalue weighted by atomic mass is 127. The van der Waals surface area contributed by atoms with E-state index in [1.54, 1.807) is 0 Å². The van der Waals surface area contributed by atoms with Crippen molar-refractivity contribution in [2.45, 2.75) is 18.6 Å². The lowest BCUT2D eigenvalue weighted by Gasteiger charge is -2.25. The number of nitrogens with zero attached hydrogens (tertiary/aromatic N) is 3. The number of guanidine groups is 1. The van der Waals surface area contributed by atoms with Crippen molar-refractivity contribution in [3.05, 3.63) is 0 Å². The lowest BCUT2D eigenvalue weighted by molar-refractivity contribution is 0.477. The Labute approximate surface area is 116 Å². The van der Waals surface area contributed by atoms with E-state index in [-0.39, 0.29) is 28.7 Å². The monoisotopic (exact) mass is 345 g/mol. The first-order valence-electron chi connectivity index (χ1n) is 4.74. The Morgan fingerprint density at radius 1 is 1.13 bits per heavy atom. The van der Waals surface area contributed by atoms with E-state index in [9.17, 15) is 0 Å². The summed E-state index contributed by atoms with van der Waals surface area (Å²) in [4.78, 5) is 8.69. The molecule has 5 heteroatoms. The van der Waals surface area contributed by atoms with Crippen LogP contribution in [-0.2, 0) is 0 Å². The highest BCUT2D eigenvalue weighted by molar-refractivity contribution is 14.0. The van der Waals surface area contributed by atoms with Crippen LogP contribution in [-0.4, -0.2) is 61.5 Å². The summed E-state index contributed by atoms with van der Waals surface area (Å²) >= 11 is 1.85. The number of thioether (sulfide) groups is 1. The number of aliphatic imine (C=N–C) groups is 1. The quantitative estimate of drug-likeness (QED) is 0.444. The summed E-state index contributed by atoms with van der Waals surface area (Å²) in [5.74, 6) is 1.02. The van der Waals surface area contributed by atoms with Gasteiger partial charge in [-0.3, -0.25) is 4.99 Å². The molecule has 0 amide bonds. The summed E-state index contributed by atoms with van der Waals surface area (Å²) < 4.78 is 0.220. The Balaban J connectivity index is 0. The second-order valence-corrected chi connectivity index (χ2v) is 5.88.